The fourth-order valence-corrected chi connectivity index (χ4v) is 3.47. The standard InChI is InChI=1S/C23H22N4O2/c1-16(28)25-20-6-8-21(9-7-20)26-22-14-18(10-12-24-22)23(29)27-13-11-17-4-2-3-5-19(17)15-27/h2-10,12,14H,11,13,15H2,1H3,(H,24,26)(H,25,28). The Morgan fingerprint density at radius 2 is 1.69 bits per heavy atom. The van der Waals surface area contributed by atoms with Gasteiger partial charge in [0.1, 0.15) is 5.82 Å². The van der Waals surface area contributed by atoms with Crippen LogP contribution in [0.3, 0.4) is 0 Å². The quantitative estimate of drug-likeness (QED) is 0.711. The average molecular weight is 386 g/mol. The second-order valence-corrected chi connectivity index (χ2v) is 7.06. The first-order valence-corrected chi connectivity index (χ1v) is 9.55. The zero-order valence-electron chi connectivity index (χ0n) is 16.2. The van der Waals surface area contributed by atoms with E-state index in [0.29, 0.717) is 24.5 Å². The van der Waals surface area contributed by atoms with Gasteiger partial charge in [0.25, 0.3) is 5.91 Å². The lowest BCUT2D eigenvalue weighted by molar-refractivity contribution is -0.114. The van der Waals surface area contributed by atoms with Crippen molar-refractivity contribution in [3.63, 3.8) is 0 Å². The molecule has 29 heavy (non-hydrogen) atoms. The van der Waals surface area contributed by atoms with Crippen molar-refractivity contribution in [1.82, 2.24) is 9.88 Å². The number of anilines is 3. The molecule has 0 bridgehead atoms. The van der Waals surface area contributed by atoms with Gasteiger partial charge in [-0.05, 0) is 53.9 Å². The molecule has 2 amide bonds. The van der Waals surface area contributed by atoms with Crippen LogP contribution in [0.15, 0.2) is 66.9 Å². The number of amides is 2. The van der Waals surface area contributed by atoms with Crippen molar-refractivity contribution in [2.45, 2.75) is 19.9 Å². The molecule has 0 aliphatic carbocycles. The molecule has 0 fully saturated rings. The van der Waals surface area contributed by atoms with E-state index in [1.54, 1.807) is 18.3 Å². The summed E-state index contributed by atoms with van der Waals surface area (Å²) in [6.07, 6.45) is 2.51. The minimum absolute atomic E-state index is 0.00552. The van der Waals surface area contributed by atoms with Gasteiger partial charge >= 0.3 is 0 Å². The number of pyridine rings is 1. The zero-order chi connectivity index (χ0) is 20.2. The minimum Gasteiger partial charge on any atom is -0.340 e. The monoisotopic (exact) mass is 386 g/mol. The molecule has 0 saturated carbocycles. The lowest BCUT2D eigenvalue weighted by atomic mass is 9.99. The summed E-state index contributed by atoms with van der Waals surface area (Å²) < 4.78 is 0. The van der Waals surface area contributed by atoms with Crippen LogP contribution in [0.5, 0.6) is 0 Å². The maximum absolute atomic E-state index is 13.0. The Bertz CT molecular complexity index is 1050. The van der Waals surface area contributed by atoms with Gasteiger partial charge in [-0.25, -0.2) is 4.98 Å². The molecular formula is C23H22N4O2. The van der Waals surface area contributed by atoms with Crippen molar-refractivity contribution in [2.24, 2.45) is 0 Å². The van der Waals surface area contributed by atoms with E-state index in [1.165, 1.54) is 18.1 Å². The largest absolute Gasteiger partial charge is 0.340 e. The highest BCUT2D eigenvalue weighted by Crippen LogP contribution is 2.22. The summed E-state index contributed by atoms with van der Waals surface area (Å²) in [6.45, 7) is 2.82. The van der Waals surface area contributed by atoms with E-state index >= 15 is 0 Å². The summed E-state index contributed by atoms with van der Waals surface area (Å²) in [5.41, 5.74) is 4.68. The molecule has 1 aromatic heterocycles. The number of hydrogen-bond donors (Lipinski definition) is 2. The molecule has 0 spiro atoms. The third-order valence-electron chi connectivity index (χ3n) is 4.90. The maximum atomic E-state index is 13.0. The smallest absolute Gasteiger partial charge is 0.254 e. The molecule has 2 N–H and O–H groups in total. The highest BCUT2D eigenvalue weighted by atomic mass is 16.2. The number of benzene rings is 2. The van der Waals surface area contributed by atoms with Crippen LogP contribution >= 0.6 is 0 Å². The van der Waals surface area contributed by atoms with E-state index in [9.17, 15) is 9.59 Å². The van der Waals surface area contributed by atoms with Gasteiger partial charge in [0.15, 0.2) is 0 Å². The highest BCUT2D eigenvalue weighted by Gasteiger charge is 2.21. The maximum Gasteiger partial charge on any atom is 0.254 e. The first-order chi connectivity index (χ1) is 14.1. The number of carbonyl (C=O) groups excluding carboxylic acids is 2. The third-order valence-corrected chi connectivity index (χ3v) is 4.90. The number of fused-ring (bicyclic) bond motifs is 1. The van der Waals surface area contributed by atoms with Gasteiger partial charge in [-0.2, -0.15) is 0 Å². The van der Waals surface area contributed by atoms with Crippen LogP contribution in [-0.2, 0) is 17.8 Å². The average Bonchev–Trinajstić information content (AvgIpc) is 2.74. The van der Waals surface area contributed by atoms with Gasteiger partial charge in [-0.1, -0.05) is 24.3 Å². The molecule has 0 saturated heterocycles. The van der Waals surface area contributed by atoms with Gasteiger partial charge < -0.3 is 15.5 Å². The van der Waals surface area contributed by atoms with Crippen LogP contribution < -0.4 is 10.6 Å². The number of carbonyl (C=O) groups is 2. The van der Waals surface area contributed by atoms with E-state index in [1.807, 2.05) is 41.3 Å². The third kappa shape index (κ3) is 4.43. The van der Waals surface area contributed by atoms with Crippen LogP contribution in [0.4, 0.5) is 17.2 Å². The molecule has 146 valence electrons. The molecule has 2 heterocycles. The van der Waals surface area contributed by atoms with Gasteiger partial charge in [-0.15, -0.1) is 0 Å². The van der Waals surface area contributed by atoms with Crippen LogP contribution in [0, 0.1) is 0 Å². The predicted octanol–water partition coefficient (Wildman–Crippen LogP) is 3.98. The van der Waals surface area contributed by atoms with E-state index in [-0.39, 0.29) is 11.8 Å². The Hall–Kier alpha value is -3.67. The molecule has 2 aromatic carbocycles. The Labute approximate surface area is 169 Å². The molecule has 6 heteroatoms. The molecule has 0 unspecified atom stereocenters. The van der Waals surface area contributed by atoms with Crippen molar-refractivity contribution >= 4 is 29.0 Å². The summed E-state index contributed by atoms with van der Waals surface area (Å²) in [5.74, 6) is 0.491. The van der Waals surface area contributed by atoms with Crippen molar-refractivity contribution < 1.29 is 9.59 Å². The first-order valence-electron chi connectivity index (χ1n) is 9.55. The van der Waals surface area contributed by atoms with Gasteiger partial charge in [0.2, 0.25) is 5.91 Å². The van der Waals surface area contributed by atoms with Crippen LogP contribution in [0.1, 0.15) is 28.4 Å². The number of aromatic nitrogens is 1. The molecular weight excluding hydrogens is 364 g/mol. The SMILES string of the molecule is CC(=O)Nc1ccc(Nc2cc(C(=O)N3CCc4ccccc4C3)ccn2)cc1. The lowest BCUT2D eigenvalue weighted by Gasteiger charge is -2.29. The summed E-state index contributed by atoms with van der Waals surface area (Å²) >= 11 is 0. The lowest BCUT2D eigenvalue weighted by Crippen LogP contribution is -2.35. The number of nitrogens with one attached hydrogen (secondary N) is 2. The second kappa shape index (κ2) is 8.14. The molecule has 0 radical (unpaired) electrons. The van der Waals surface area contributed by atoms with Gasteiger partial charge in [0.05, 0.1) is 0 Å². The number of rotatable bonds is 4. The highest BCUT2D eigenvalue weighted by molar-refractivity contribution is 5.95. The topological polar surface area (TPSA) is 74.3 Å². The Morgan fingerprint density at radius 3 is 2.45 bits per heavy atom. The Balaban J connectivity index is 1.46. The molecule has 1 aliphatic heterocycles. The molecule has 6 nitrogen and oxygen atoms in total. The van der Waals surface area contributed by atoms with Crippen molar-refractivity contribution in [3.05, 3.63) is 83.6 Å². The molecule has 4 rings (SSSR count). The fraction of sp³-hybridized carbons (Fsp3) is 0.174. The van der Waals surface area contributed by atoms with Crippen molar-refractivity contribution in [1.29, 1.82) is 0 Å². The fourth-order valence-electron chi connectivity index (χ4n) is 3.47. The van der Waals surface area contributed by atoms with Crippen LogP contribution in [-0.4, -0.2) is 28.2 Å². The summed E-state index contributed by atoms with van der Waals surface area (Å²) in [4.78, 5) is 30.3. The predicted molar refractivity (Wildman–Crippen MR) is 113 cm³/mol. The molecule has 3 aromatic rings. The minimum atomic E-state index is -0.112. The summed E-state index contributed by atoms with van der Waals surface area (Å²) in [7, 11) is 0. The normalized spacial score (nSPS) is 12.8. The van der Waals surface area contributed by atoms with Crippen molar-refractivity contribution in [2.75, 3.05) is 17.2 Å². The van der Waals surface area contributed by atoms with E-state index < -0.39 is 0 Å². The number of hydrogen-bond acceptors (Lipinski definition) is 4. The summed E-state index contributed by atoms with van der Waals surface area (Å²) in [5, 5.41) is 5.93. The van der Waals surface area contributed by atoms with Crippen LogP contribution in [0.25, 0.3) is 0 Å². The van der Waals surface area contributed by atoms with E-state index in [0.717, 1.165) is 17.8 Å². The first kappa shape index (κ1) is 18.7. The molecule has 1 aliphatic rings. The Kier molecular flexibility index (Phi) is 5.24. The van der Waals surface area contributed by atoms with Gasteiger partial charge in [0, 0.05) is 43.1 Å². The van der Waals surface area contributed by atoms with Crippen molar-refractivity contribution in [3.8, 4) is 0 Å². The number of nitrogens with zero attached hydrogens (tertiary/aromatic N) is 2. The van der Waals surface area contributed by atoms with Gasteiger partial charge in [-0.3, -0.25) is 9.59 Å². The molecule has 0 atom stereocenters. The van der Waals surface area contributed by atoms with E-state index in [4.69, 9.17) is 0 Å². The Morgan fingerprint density at radius 1 is 0.966 bits per heavy atom. The summed E-state index contributed by atoms with van der Waals surface area (Å²) in [6, 6.07) is 19.1. The van der Waals surface area contributed by atoms with Crippen LogP contribution in [0.2, 0.25) is 0 Å². The van der Waals surface area contributed by atoms with E-state index in [2.05, 4.69) is 27.8 Å². The second-order valence-electron chi connectivity index (χ2n) is 7.06. The zero-order valence-corrected chi connectivity index (χ0v) is 16.2.